The van der Waals surface area contributed by atoms with Crippen LogP contribution in [0, 0.1) is 18.8 Å². The quantitative estimate of drug-likeness (QED) is 0.320. The van der Waals surface area contributed by atoms with E-state index in [1.165, 1.54) is 0 Å². The first kappa shape index (κ1) is 31.6. The third kappa shape index (κ3) is 6.22. The van der Waals surface area contributed by atoms with Gasteiger partial charge in [0.2, 0.25) is 0 Å². The van der Waals surface area contributed by atoms with Crippen LogP contribution >= 0.6 is 34.5 Å². The van der Waals surface area contributed by atoms with Crippen molar-refractivity contribution in [2.45, 2.75) is 31.7 Å². The number of nitrogens with one attached hydrogen (secondary N) is 2. The van der Waals surface area contributed by atoms with Gasteiger partial charge in [0.1, 0.15) is 5.69 Å². The normalized spacial score (nSPS) is 20.0. The fourth-order valence-electron chi connectivity index (χ4n) is 4.92. The molecule has 1 aliphatic carbocycles. The number of carboxylic acids is 1. The van der Waals surface area contributed by atoms with E-state index in [0.717, 1.165) is 11.3 Å². The molecular weight excluding hydrogens is 616 g/mol. The maximum Gasteiger partial charge on any atom is 1.00 e. The van der Waals surface area contributed by atoms with E-state index in [9.17, 15) is 41.0 Å². The number of carboxylic acid groups (broad SMARTS) is 1. The zero-order valence-electron chi connectivity index (χ0n) is 21.1. The van der Waals surface area contributed by atoms with Gasteiger partial charge in [-0.2, -0.15) is 26.3 Å². The van der Waals surface area contributed by atoms with Crippen LogP contribution < -0.4 is 34.2 Å². The number of aromatic carboxylic acids is 1. The molecule has 1 amide bonds. The second-order valence-electron chi connectivity index (χ2n) is 9.64. The Bertz CT molecular complexity index is 1480. The van der Waals surface area contributed by atoms with Crippen LogP contribution in [0.15, 0.2) is 18.2 Å². The number of aromatic nitrogens is 2. The van der Waals surface area contributed by atoms with E-state index >= 15 is 0 Å². The largest absolute Gasteiger partial charge is 1.00 e. The summed E-state index contributed by atoms with van der Waals surface area (Å²) in [5, 5.41) is 15.2. The average Bonchev–Trinajstić information content (AvgIpc) is 3.21. The van der Waals surface area contributed by atoms with Crippen LogP contribution in [-0.2, 0) is 18.8 Å². The van der Waals surface area contributed by atoms with E-state index in [1.807, 2.05) is 0 Å². The molecule has 2 N–H and O–H groups in total. The van der Waals surface area contributed by atoms with E-state index in [2.05, 4.69) is 15.3 Å². The molecule has 0 bridgehead atoms. The number of rotatable bonds is 6. The Morgan fingerprint density at radius 1 is 1.07 bits per heavy atom. The van der Waals surface area contributed by atoms with Gasteiger partial charge in [-0.15, -0.1) is 0 Å². The standard InChI is InChI=1S/C24H18Cl2F6N4O3S.Li/c1-8-15(25)16(26)18(33-8)20(37)35-17-12-6-36(7-13(12)17)22-34-14(19(40-22)21(38)39)4-9-2-10(23(27,28)29)5-11(3-9)24(30,31)32;/h2-3,5,12-13,17,33H,4,6-7H2,1H3,(H,35,37)(H,38,39);/q;+1/p-1/t12-,13+,17-;. The minimum absolute atomic E-state index is 0. The summed E-state index contributed by atoms with van der Waals surface area (Å²) in [5.74, 6) is -2.04. The number of thiazole rings is 1. The van der Waals surface area contributed by atoms with E-state index in [1.54, 1.807) is 11.8 Å². The fourth-order valence-corrected chi connectivity index (χ4v) is 6.27. The molecule has 2 aliphatic rings. The molecule has 0 radical (unpaired) electrons. The van der Waals surface area contributed by atoms with Crippen molar-refractivity contribution in [3.8, 4) is 0 Å². The third-order valence-corrected chi connectivity index (χ3v) is 9.02. The number of benzene rings is 1. The Morgan fingerprint density at radius 2 is 1.63 bits per heavy atom. The minimum Gasteiger partial charge on any atom is -0.544 e. The number of fused-ring (bicyclic) bond motifs is 1. The monoisotopic (exact) mass is 632 g/mol. The molecule has 1 saturated heterocycles. The van der Waals surface area contributed by atoms with Crippen molar-refractivity contribution in [2.75, 3.05) is 18.0 Å². The minimum atomic E-state index is -5.04. The van der Waals surface area contributed by atoms with Crippen LogP contribution in [0.3, 0.4) is 0 Å². The molecule has 1 aliphatic heterocycles. The number of H-pyrrole nitrogens is 1. The zero-order valence-corrected chi connectivity index (χ0v) is 23.5. The molecular formula is C24H17Cl2F6LiN4O3S. The number of carbonyl (C=O) groups is 2. The van der Waals surface area contributed by atoms with Gasteiger partial charge in [-0.25, -0.2) is 4.98 Å². The summed E-state index contributed by atoms with van der Waals surface area (Å²) in [6.45, 7) is 2.46. The third-order valence-electron chi connectivity index (χ3n) is 6.93. The molecule has 1 aromatic carbocycles. The first-order valence-corrected chi connectivity index (χ1v) is 13.2. The molecule has 0 spiro atoms. The molecule has 214 valence electrons. The molecule has 7 nitrogen and oxygen atoms in total. The Hall–Kier alpha value is -2.37. The van der Waals surface area contributed by atoms with Crippen LogP contribution in [-0.4, -0.2) is 41.0 Å². The molecule has 3 heterocycles. The summed E-state index contributed by atoms with van der Waals surface area (Å²) < 4.78 is 79.5. The number of hydrogen-bond acceptors (Lipinski definition) is 6. The number of piperidine rings is 1. The van der Waals surface area contributed by atoms with Crippen LogP contribution in [0.2, 0.25) is 10.0 Å². The first-order valence-electron chi connectivity index (χ1n) is 11.6. The van der Waals surface area contributed by atoms with Crippen molar-refractivity contribution in [1.82, 2.24) is 15.3 Å². The summed E-state index contributed by atoms with van der Waals surface area (Å²) in [6, 6.07) is 0.905. The first-order chi connectivity index (χ1) is 18.5. The second-order valence-corrected chi connectivity index (χ2v) is 11.4. The van der Waals surface area contributed by atoms with Gasteiger partial charge in [-0.05, 0) is 30.7 Å². The molecule has 0 unspecified atom stereocenters. The van der Waals surface area contributed by atoms with Gasteiger partial charge in [0.15, 0.2) is 5.13 Å². The molecule has 3 atom stereocenters. The number of halogens is 8. The Morgan fingerprint density at radius 3 is 2.10 bits per heavy atom. The molecule has 2 fully saturated rings. The van der Waals surface area contributed by atoms with Crippen molar-refractivity contribution in [3.63, 3.8) is 0 Å². The van der Waals surface area contributed by atoms with Crippen molar-refractivity contribution < 1.29 is 59.9 Å². The Balaban J connectivity index is 0.00000387. The number of anilines is 1. The Kier molecular flexibility index (Phi) is 8.50. The molecule has 5 rings (SSSR count). The van der Waals surface area contributed by atoms with Crippen LogP contribution in [0.25, 0.3) is 0 Å². The van der Waals surface area contributed by atoms with E-state index in [4.69, 9.17) is 23.2 Å². The summed E-state index contributed by atoms with van der Waals surface area (Å²) in [6.07, 6.45) is -10.7. The molecule has 41 heavy (non-hydrogen) atoms. The number of amides is 1. The number of carbonyl (C=O) groups excluding carboxylic acids is 2. The van der Waals surface area contributed by atoms with Gasteiger partial charge in [0.05, 0.1) is 37.7 Å². The van der Waals surface area contributed by atoms with Crippen molar-refractivity contribution in [1.29, 1.82) is 0 Å². The molecule has 2 aromatic heterocycles. The topological polar surface area (TPSA) is 101 Å². The van der Waals surface area contributed by atoms with E-state index in [0.29, 0.717) is 30.9 Å². The smallest absolute Gasteiger partial charge is 0.544 e. The summed E-state index contributed by atoms with van der Waals surface area (Å²) in [5.41, 5.74) is -2.93. The summed E-state index contributed by atoms with van der Waals surface area (Å²) >= 11 is 12.8. The number of nitrogens with zero attached hydrogens (tertiary/aromatic N) is 2. The van der Waals surface area contributed by atoms with E-state index < -0.39 is 47.3 Å². The van der Waals surface area contributed by atoms with Gasteiger partial charge in [-0.3, -0.25) is 4.79 Å². The SMILES string of the molecule is Cc1[nH]c(C(=O)N[C@@H]2[C@@H]3CN(c4nc(Cc5cc(C(F)(F)F)cc(C(F)(F)F)c5)c(C(=O)[O-])s4)C[C@@H]32)c(Cl)c1Cl.[Li+]. The number of aromatic amines is 1. The number of aryl methyl sites for hydroxylation is 1. The predicted octanol–water partition coefficient (Wildman–Crippen LogP) is 1.95. The molecule has 17 heteroatoms. The fraction of sp³-hybridized carbons (Fsp3) is 0.375. The van der Waals surface area contributed by atoms with Gasteiger partial charge in [-0.1, -0.05) is 34.5 Å². The maximum absolute atomic E-state index is 13.2. The van der Waals surface area contributed by atoms with Crippen molar-refractivity contribution in [2.24, 2.45) is 11.8 Å². The predicted molar refractivity (Wildman–Crippen MR) is 132 cm³/mol. The summed E-state index contributed by atoms with van der Waals surface area (Å²) in [7, 11) is 0. The van der Waals surface area contributed by atoms with Crippen molar-refractivity contribution >= 4 is 51.5 Å². The number of hydrogen-bond donors (Lipinski definition) is 2. The second kappa shape index (κ2) is 11.0. The van der Waals surface area contributed by atoms with E-state index in [-0.39, 0.29) is 74.2 Å². The molecule has 1 saturated carbocycles. The number of alkyl halides is 6. The average molecular weight is 633 g/mol. The maximum atomic E-state index is 13.2. The zero-order chi connectivity index (χ0) is 29.3. The van der Waals surface area contributed by atoms with Crippen LogP contribution in [0.1, 0.15) is 48.2 Å². The van der Waals surface area contributed by atoms with Gasteiger partial charge < -0.3 is 25.1 Å². The molecule has 3 aromatic rings. The van der Waals surface area contributed by atoms with Gasteiger partial charge in [0, 0.05) is 43.1 Å². The van der Waals surface area contributed by atoms with Crippen LogP contribution in [0.4, 0.5) is 31.5 Å². The van der Waals surface area contributed by atoms with Gasteiger partial charge in [0.25, 0.3) is 5.91 Å². The van der Waals surface area contributed by atoms with Crippen LogP contribution in [0.5, 0.6) is 0 Å². The van der Waals surface area contributed by atoms with Gasteiger partial charge >= 0.3 is 31.2 Å². The summed E-state index contributed by atoms with van der Waals surface area (Å²) in [4.78, 5) is 32.8. The van der Waals surface area contributed by atoms with Crippen molar-refractivity contribution in [3.05, 3.63) is 66.9 Å². The Labute approximate surface area is 254 Å².